The largest absolute Gasteiger partial charge is 0.444 e. The molecule has 44 heavy (non-hydrogen) atoms. The molecular weight excluding hydrogens is 554 g/mol. The first-order valence-corrected chi connectivity index (χ1v) is 18.2. The second-order valence-corrected chi connectivity index (χ2v) is 18.4. The zero-order chi connectivity index (χ0) is 31.4. The van der Waals surface area contributed by atoms with E-state index >= 15 is 0 Å². The first-order chi connectivity index (χ1) is 20.6. The molecule has 2 heterocycles. The number of fused-ring (bicyclic) bond motifs is 4. The normalized spacial score (nSPS) is 48.4. The maximum atomic E-state index is 12.8. The van der Waals surface area contributed by atoms with Gasteiger partial charge in [0.25, 0.3) is 0 Å². The van der Waals surface area contributed by atoms with E-state index in [2.05, 4.69) is 34.6 Å². The van der Waals surface area contributed by atoms with Crippen molar-refractivity contribution in [3.8, 4) is 0 Å². The Balaban J connectivity index is 1.03. The third kappa shape index (κ3) is 4.74. The summed E-state index contributed by atoms with van der Waals surface area (Å²) < 4.78 is 25.3. The molecule has 0 bridgehead atoms. The third-order valence-corrected chi connectivity index (χ3v) is 14.6. The Hall–Kier alpha value is -0.890. The zero-order valence-electron chi connectivity index (χ0n) is 28.9. The van der Waals surface area contributed by atoms with Crippen molar-refractivity contribution in [3.63, 3.8) is 0 Å². The minimum absolute atomic E-state index is 0.0115. The van der Waals surface area contributed by atoms with Gasteiger partial charge in [0.05, 0.1) is 37.6 Å². The molecule has 0 aromatic heterocycles. The number of carbonyl (C=O) groups is 1. The molecule has 9 unspecified atom stereocenters. The van der Waals surface area contributed by atoms with Crippen molar-refractivity contribution in [1.29, 1.82) is 0 Å². The molecule has 7 nitrogen and oxygen atoms in total. The number of amides is 1. The van der Waals surface area contributed by atoms with E-state index in [1.54, 1.807) is 4.90 Å². The predicted molar refractivity (Wildman–Crippen MR) is 169 cm³/mol. The Morgan fingerprint density at radius 2 is 1.70 bits per heavy atom. The maximum absolute atomic E-state index is 12.8. The Morgan fingerprint density at radius 1 is 0.955 bits per heavy atom. The van der Waals surface area contributed by atoms with Crippen LogP contribution in [-0.4, -0.2) is 72.1 Å². The van der Waals surface area contributed by atoms with Gasteiger partial charge in [-0.25, -0.2) is 4.79 Å². The van der Waals surface area contributed by atoms with E-state index in [-0.39, 0.29) is 35.7 Å². The molecule has 5 saturated carbocycles. The molecule has 7 heteroatoms. The van der Waals surface area contributed by atoms with Gasteiger partial charge in [0, 0.05) is 6.54 Å². The Bertz CT molecular complexity index is 1120. The lowest BCUT2D eigenvalue weighted by atomic mass is 9.46. The van der Waals surface area contributed by atoms with E-state index in [1.165, 1.54) is 51.4 Å². The molecule has 2 spiro atoms. The van der Waals surface area contributed by atoms with E-state index in [1.807, 2.05) is 20.8 Å². The summed E-state index contributed by atoms with van der Waals surface area (Å²) in [5, 5.41) is 10.8. The van der Waals surface area contributed by atoms with Gasteiger partial charge in [-0.05, 0) is 136 Å². The number of hydrogen-bond acceptors (Lipinski definition) is 6. The fourth-order valence-electron chi connectivity index (χ4n) is 12.6. The molecule has 250 valence electrons. The van der Waals surface area contributed by atoms with Gasteiger partial charge in [-0.2, -0.15) is 0 Å². The molecule has 7 rings (SSSR count). The third-order valence-electron chi connectivity index (χ3n) is 14.6. The van der Waals surface area contributed by atoms with Crippen LogP contribution in [0.4, 0.5) is 4.79 Å². The molecule has 2 aliphatic heterocycles. The first-order valence-electron chi connectivity index (χ1n) is 18.2. The van der Waals surface area contributed by atoms with Crippen LogP contribution in [0.1, 0.15) is 120 Å². The summed E-state index contributed by atoms with van der Waals surface area (Å²) in [6.07, 6.45) is 12.0. The average Bonchev–Trinajstić information content (AvgIpc) is 3.53. The molecular formula is C37H61NO6. The summed E-state index contributed by atoms with van der Waals surface area (Å²) in [7, 11) is 0. The molecule has 2 saturated heterocycles. The maximum Gasteiger partial charge on any atom is 0.410 e. The van der Waals surface area contributed by atoms with Gasteiger partial charge < -0.3 is 29.0 Å². The van der Waals surface area contributed by atoms with Crippen molar-refractivity contribution in [2.75, 3.05) is 19.7 Å². The lowest BCUT2D eigenvalue weighted by Gasteiger charge is -2.60. The number of nitrogens with zero attached hydrogens (tertiary/aromatic N) is 1. The molecule has 1 amide bonds. The van der Waals surface area contributed by atoms with Crippen LogP contribution in [0.2, 0.25) is 0 Å². The highest BCUT2D eigenvalue weighted by atomic mass is 16.7. The van der Waals surface area contributed by atoms with Crippen molar-refractivity contribution in [1.82, 2.24) is 4.90 Å². The van der Waals surface area contributed by atoms with Crippen LogP contribution in [0, 0.1) is 51.2 Å². The van der Waals surface area contributed by atoms with Gasteiger partial charge in [0.2, 0.25) is 0 Å². The number of aliphatic hydroxyl groups excluding tert-OH is 1. The molecule has 7 aliphatic rings. The van der Waals surface area contributed by atoms with Crippen LogP contribution < -0.4 is 0 Å². The van der Waals surface area contributed by atoms with Crippen LogP contribution in [0.5, 0.6) is 0 Å². The minimum Gasteiger partial charge on any atom is -0.444 e. The number of hydrogen-bond donors (Lipinski definition) is 1. The van der Waals surface area contributed by atoms with Crippen LogP contribution in [-0.2, 0) is 18.9 Å². The van der Waals surface area contributed by atoms with E-state index < -0.39 is 11.9 Å². The Morgan fingerprint density at radius 3 is 2.43 bits per heavy atom. The smallest absolute Gasteiger partial charge is 0.410 e. The van der Waals surface area contributed by atoms with Crippen LogP contribution in [0.3, 0.4) is 0 Å². The van der Waals surface area contributed by atoms with E-state index in [0.717, 1.165) is 24.7 Å². The summed E-state index contributed by atoms with van der Waals surface area (Å²) >= 11 is 0. The molecule has 5 aliphatic carbocycles. The van der Waals surface area contributed by atoms with E-state index in [4.69, 9.17) is 18.9 Å². The number of morpholine rings is 1. The molecule has 12 atom stereocenters. The monoisotopic (exact) mass is 615 g/mol. The van der Waals surface area contributed by atoms with E-state index in [9.17, 15) is 9.90 Å². The highest BCUT2D eigenvalue weighted by molar-refractivity contribution is 5.68. The van der Waals surface area contributed by atoms with Gasteiger partial charge in [0.15, 0.2) is 6.29 Å². The van der Waals surface area contributed by atoms with Crippen molar-refractivity contribution in [3.05, 3.63) is 0 Å². The Labute approximate surface area is 266 Å². The first kappa shape index (κ1) is 31.7. The zero-order valence-corrected chi connectivity index (χ0v) is 28.9. The molecule has 0 aromatic carbocycles. The molecule has 0 aromatic rings. The number of ether oxygens (including phenoxy) is 4. The fourth-order valence-corrected chi connectivity index (χ4v) is 12.6. The van der Waals surface area contributed by atoms with Gasteiger partial charge in [-0.1, -0.05) is 34.6 Å². The minimum atomic E-state index is -0.511. The molecule has 0 radical (unpaired) electrons. The topological polar surface area (TPSA) is 77.5 Å². The highest BCUT2D eigenvalue weighted by Crippen LogP contribution is 2.87. The van der Waals surface area contributed by atoms with Crippen molar-refractivity contribution in [2.45, 2.75) is 156 Å². The number of aliphatic hydroxyl groups is 1. The molecule has 1 N–H and O–H groups in total. The van der Waals surface area contributed by atoms with Gasteiger partial charge >= 0.3 is 6.09 Å². The summed E-state index contributed by atoms with van der Waals surface area (Å²) in [4.78, 5) is 14.5. The lowest BCUT2D eigenvalue weighted by molar-refractivity contribution is -0.243. The number of rotatable bonds is 4. The van der Waals surface area contributed by atoms with Gasteiger partial charge in [-0.3, -0.25) is 0 Å². The van der Waals surface area contributed by atoms with Crippen molar-refractivity contribution < 1.29 is 28.8 Å². The lowest BCUT2D eigenvalue weighted by Crippen LogP contribution is -2.56. The van der Waals surface area contributed by atoms with Crippen LogP contribution in [0.25, 0.3) is 0 Å². The summed E-state index contributed by atoms with van der Waals surface area (Å²) in [6, 6.07) is 0. The van der Waals surface area contributed by atoms with Gasteiger partial charge in [0.1, 0.15) is 5.60 Å². The summed E-state index contributed by atoms with van der Waals surface area (Å²) in [6.45, 7) is 19.0. The molecule has 7 fully saturated rings. The quantitative estimate of drug-likeness (QED) is 0.361. The van der Waals surface area contributed by atoms with Crippen molar-refractivity contribution >= 4 is 6.09 Å². The number of carbonyl (C=O) groups excluding carboxylic acids is 1. The Kier molecular flexibility index (Phi) is 7.60. The SMILES string of the molecule is CC(C)[C@@H](O)C1CCC2C(CC3C4CCC5C(C)(C)[C@@H](OC6CN(C(=O)OC(C)(C)C)CCO6)CCC56CC46CC[C@]23C)O1. The summed E-state index contributed by atoms with van der Waals surface area (Å²) in [5.41, 5.74) is 0.906. The highest BCUT2D eigenvalue weighted by Gasteiger charge is 2.80. The second-order valence-electron chi connectivity index (χ2n) is 18.4. The van der Waals surface area contributed by atoms with E-state index in [0.29, 0.717) is 53.9 Å². The van der Waals surface area contributed by atoms with Crippen LogP contribution >= 0.6 is 0 Å². The van der Waals surface area contributed by atoms with Crippen molar-refractivity contribution in [2.24, 2.45) is 51.2 Å². The second kappa shape index (κ2) is 10.6. The fraction of sp³-hybridized carbons (Fsp3) is 0.973. The standard InChI is InChI=1S/C37H61NO6/c1-22(2)31(39)26-11-9-24-27(42-26)19-25-23-10-12-28-34(6,7)29(13-14-37(28)21-36(23,37)16-15-35(24,25)8)43-30-20-38(17-18-41-30)32(40)44-33(3,4)5/h22-31,39H,9-21H2,1-8H3/t23?,24?,25?,26?,27?,28?,29-,30?,31+,35+,36?,37?/m0/s1. The van der Waals surface area contributed by atoms with Crippen LogP contribution in [0.15, 0.2) is 0 Å². The predicted octanol–water partition coefficient (Wildman–Crippen LogP) is 7.19. The average molecular weight is 616 g/mol. The van der Waals surface area contributed by atoms with Gasteiger partial charge in [-0.15, -0.1) is 0 Å². The summed E-state index contributed by atoms with van der Waals surface area (Å²) in [5.74, 6) is 3.15.